The Balaban J connectivity index is 1.06. The van der Waals surface area contributed by atoms with Crippen molar-refractivity contribution in [2.75, 3.05) is 6.54 Å². The molecule has 5 aromatic rings. The number of para-hydroxylation sites is 3. The van der Waals surface area contributed by atoms with Gasteiger partial charge < -0.3 is 20.3 Å². The maximum absolute atomic E-state index is 14.7. The van der Waals surface area contributed by atoms with Crippen LogP contribution < -0.4 is 20.1 Å². The van der Waals surface area contributed by atoms with E-state index in [1.807, 2.05) is 60.7 Å². The minimum Gasteiger partial charge on any atom is -0.471 e. The average Bonchev–Trinajstić information content (AvgIpc) is 4.13. The Hall–Kier alpha value is -5.88. The number of nitrogens with zero attached hydrogens (tertiary/aromatic N) is 6. The highest BCUT2D eigenvalue weighted by atomic mass is 32.2. The molecular formula is C41H41N9O7S2. The summed E-state index contributed by atoms with van der Waals surface area (Å²) >= 11 is 1.43. The van der Waals surface area contributed by atoms with Gasteiger partial charge in [0.05, 0.1) is 33.0 Å². The molecule has 2 aliphatic carbocycles. The molecule has 2 aromatic carbocycles. The van der Waals surface area contributed by atoms with E-state index in [9.17, 15) is 27.6 Å². The Morgan fingerprint density at radius 3 is 2.47 bits per heavy atom. The van der Waals surface area contributed by atoms with Crippen molar-refractivity contribution in [2.45, 2.75) is 86.8 Å². The van der Waals surface area contributed by atoms with E-state index in [1.165, 1.54) is 34.8 Å². The van der Waals surface area contributed by atoms with Crippen LogP contribution in [-0.4, -0.2) is 97.4 Å². The number of carbonyl (C=O) groups excluding carboxylic acids is 4. The van der Waals surface area contributed by atoms with Gasteiger partial charge in [-0.25, -0.2) is 33.3 Å². The predicted octanol–water partition coefficient (Wildman–Crippen LogP) is 3.85. The van der Waals surface area contributed by atoms with Gasteiger partial charge in [-0.15, -0.1) is 11.3 Å². The number of nitrogens with one attached hydrogen (secondary N) is 3. The quantitative estimate of drug-likeness (QED) is 0.190. The van der Waals surface area contributed by atoms with Crippen LogP contribution in [0.3, 0.4) is 0 Å². The summed E-state index contributed by atoms with van der Waals surface area (Å²) in [5.74, 6) is -2.81. The number of hydrogen-bond donors (Lipinski definition) is 3. The fraction of sp³-hybridized carbons (Fsp3) is 0.390. The molecule has 304 valence electrons. The van der Waals surface area contributed by atoms with E-state index < -0.39 is 68.5 Å². The second-order valence-electron chi connectivity index (χ2n) is 15.5. The van der Waals surface area contributed by atoms with Crippen molar-refractivity contribution in [1.82, 2.24) is 45.2 Å². The number of sulfonamides is 1. The summed E-state index contributed by atoms with van der Waals surface area (Å²) < 4.78 is 35.7. The summed E-state index contributed by atoms with van der Waals surface area (Å²) in [4.78, 5) is 80.5. The molecule has 16 nitrogen and oxygen atoms in total. The Morgan fingerprint density at radius 1 is 0.932 bits per heavy atom. The smallest absolute Gasteiger partial charge is 0.270 e. The summed E-state index contributed by atoms with van der Waals surface area (Å²) in [5, 5.41) is 5.68. The molecule has 3 fully saturated rings. The van der Waals surface area contributed by atoms with Crippen LogP contribution in [0.15, 0.2) is 79.3 Å². The zero-order valence-electron chi connectivity index (χ0n) is 31.8. The highest BCUT2D eigenvalue weighted by Gasteiger charge is 2.62. The van der Waals surface area contributed by atoms with E-state index in [-0.39, 0.29) is 31.0 Å². The van der Waals surface area contributed by atoms with Gasteiger partial charge in [0, 0.05) is 18.5 Å². The molecule has 9 rings (SSSR count). The molecule has 59 heavy (non-hydrogen) atoms. The normalized spacial score (nSPS) is 25.0. The second-order valence-corrected chi connectivity index (χ2v) is 18.5. The Labute approximate surface area is 343 Å². The maximum atomic E-state index is 14.7. The summed E-state index contributed by atoms with van der Waals surface area (Å²) in [6.07, 6.45) is 9.90. The van der Waals surface area contributed by atoms with Gasteiger partial charge in [0.1, 0.15) is 40.8 Å². The summed E-state index contributed by atoms with van der Waals surface area (Å²) in [5.41, 5.74) is 0.938. The zero-order chi connectivity index (χ0) is 40.7. The Bertz CT molecular complexity index is 2570. The lowest BCUT2D eigenvalue weighted by Crippen LogP contribution is -2.58. The molecule has 2 saturated carbocycles. The van der Waals surface area contributed by atoms with Gasteiger partial charge in [-0.2, -0.15) is 0 Å². The van der Waals surface area contributed by atoms with E-state index in [2.05, 4.69) is 25.3 Å². The summed E-state index contributed by atoms with van der Waals surface area (Å²) in [6.45, 7) is -0.0663. The van der Waals surface area contributed by atoms with Crippen LogP contribution in [0.5, 0.6) is 5.88 Å². The summed E-state index contributed by atoms with van der Waals surface area (Å²) in [7, 11) is -3.92. The van der Waals surface area contributed by atoms with Crippen LogP contribution in [0.4, 0.5) is 0 Å². The van der Waals surface area contributed by atoms with Gasteiger partial charge in [-0.05, 0) is 68.9 Å². The largest absolute Gasteiger partial charge is 0.471 e. The fourth-order valence-corrected chi connectivity index (χ4v) is 10.2. The van der Waals surface area contributed by atoms with Crippen molar-refractivity contribution >= 4 is 66.2 Å². The van der Waals surface area contributed by atoms with Crippen LogP contribution in [0.1, 0.15) is 68.3 Å². The monoisotopic (exact) mass is 835 g/mol. The number of ether oxygens (including phenoxy) is 1. The molecule has 2 aliphatic heterocycles. The number of aromatic nitrogens is 5. The molecule has 0 radical (unpaired) electrons. The van der Waals surface area contributed by atoms with Gasteiger partial charge in [0.2, 0.25) is 27.7 Å². The first kappa shape index (κ1) is 38.6. The Kier molecular flexibility index (Phi) is 10.3. The SMILES string of the molecule is O=C(N[C@H]1CCCCCC=C[C@@H]2C[C@@]2(C(=O)NS(=O)(=O)C2CC2)NC(=O)[C@@H]2C[C@@H](Oc3nc4ccccc4nc3-c3nc4ccccc4s3)CN2C1=O)c1ccncn1. The molecule has 5 atom stereocenters. The number of allylic oxidation sites excluding steroid dienone is 1. The molecule has 4 aliphatic rings. The van der Waals surface area contributed by atoms with Crippen LogP contribution in [-0.2, 0) is 24.4 Å². The lowest BCUT2D eigenvalue weighted by molar-refractivity contribution is -0.141. The number of benzene rings is 2. The minimum atomic E-state index is -3.92. The third-order valence-electron chi connectivity index (χ3n) is 11.3. The van der Waals surface area contributed by atoms with Gasteiger partial charge in [0.15, 0.2) is 5.69 Å². The first-order chi connectivity index (χ1) is 28.6. The first-order valence-electron chi connectivity index (χ1n) is 19.8. The molecule has 5 heterocycles. The van der Waals surface area contributed by atoms with Crippen molar-refractivity contribution in [3.05, 3.63) is 85.0 Å². The van der Waals surface area contributed by atoms with E-state index in [4.69, 9.17) is 19.7 Å². The molecular weight excluding hydrogens is 795 g/mol. The topological polar surface area (TPSA) is 215 Å². The zero-order valence-corrected chi connectivity index (χ0v) is 33.5. The maximum Gasteiger partial charge on any atom is 0.270 e. The number of rotatable bonds is 8. The lowest BCUT2D eigenvalue weighted by Gasteiger charge is -2.29. The molecule has 3 N–H and O–H groups in total. The number of hydrogen-bond acceptors (Lipinski definition) is 13. The van der Waals surface area contributed by atoms with E-state index >= 15 is 0 Å². The highest BCUT2D eigenvalue weighted by Crippen LogP contribution is 2.46. The van der Waals surface area contributed by atoms with Crippen LogP contribution in [0, 0.1) is 5.92 Å². The third-order valence-corrected chi connectivity index (χ3v) is 14.1. The van der Waals surface area contributed by atoms with E-state index in [0.717, 1.165) is 23.1 Å². The number of fused-ring (bicyclic) bond motifs is 4. The molecule has 0 bridgehead atoms. The van der Waals surface area contributed by atoms with Crippen LogP contribution in [0.25, 0.3) is 32.0 Å². The number of thiazole rings is 1. The molecule has 3 aromatic heterocycles. The van der Waals surface area contributed by atoms with Crippen LogP contribution in [0.2, 0.25) is 0 Å². The lowest BCUT2D eigenvalue weighted by atomic mass is 10.0. The summed E-state index contributed by atoms with van der Waals surface area (Å²) in [6, 6.07) is 14.3. The predicted molar refractivity (Wildman–Crippen MR) is 217 cm³/mol. The molecule has 1 saturated heterocycles. The first-order valence-corrected chi connectivity index (χ1v) is 22.2. The van der Waals surface area contributed by atoms with Gasteiger partial charge in [0.25, 0.3) is 11.8 Å². The van der Waals surface area contributed by atoms with Crippen molar-refractivity contribution in [2.24, 2.45) is 5.92 Å². The molecule has 18 heteroatoms. The molecule has 0 unspecified atom stereocenters. The van der Waals surface area contributed by atoms with Crippen molar-refractivity contribution in [3.63, 3.8) is 0 Å². The van der Waals surface area contributed by atoms with Gasteiger partial charge >= 0.3 is 0 Å². The van der Waals surface area contributed by atoms with Crippen molar-refractivity contribution < 1.29 is 32.3 Å². The average molecular weight is 836 g/mol. The van der Waals surface area contributed by atoms with Gasteiger partial charge in [-0.3, -0.25) is 23.9 Å². The number of amides is 4. The number of carbonyl (C=O) groups is 4. The van der Waals surface area contributed by atoms with E-state index in [1.54, 1.807) is 0 Å². The second kappa shape index (κ2) is 15.7. The van der Waals surface area contributed by atoms with Crippen molar-refractivity contribution in [3.8, 4) is 16.6 Å². The van der Waals surface area contributed by atoms with Crippen LogP contribution >= 0.6 is 11.3 Å². The van der Waals surface area contributed by atoms with Crippen molar-refractivity contribution in [1.29, 1.82) is 0 Å². The molecule has 4 amide bonds. The Morgan fingerprint density at radius 2 is 1.71 bits per heavy atom. The fourth-order valence-electron chi connectivity index (χ4n) is 7.84. The highest BCUT2D eigenvalue weighted by molar-refractivity contribution is 7.91. The van der Waals surface area contributed by atoms with E-state index in [0.29, 0.717) is 53.8 Å². The molecule has 0 spiro atoms. The standard InChI is InChI=1S/C41H41N9O7S2/c51-35(30-18-19-42-23-43-30)45-31-14-5-3-1-2-4-10-24-21-41(24,40(54)49-59(55,56)26-16-17-26)48-36(52)32-20-25(22-50(32)39(31)53)57-37-34(44-27-11-6-7-12-28(27)46-37)38-47-29-13-8-9-15-33(29)58-38/h4,6-13,15,18-19,23-26,31-32H,1-3,5,14,16-17,20-22H2,(H,45,51)(H,48,52)(H,49,54)/t24-,25-,31+,32+,41-/m1/s1. The third kappa shape index (κ3) is 7.98. The van der Waals surface area contributed by atoms with Gasteiger partial charge in [-0.1, -0.05) is 49.3 Å². The minimum absolute atomic E-state index is 0.00345.